The monoisotopic (exact) mass is 210 g/mol. The number of halogens is 1. The first-order chi connectivity index (χ1) is 6.66. The molecule has 0 saturated heterocycles. The summed E-state index contributed by atoms with van der Waals surface area (Å²) in [4.78, 5) is 11.3. The Kier molecular flexibility index (Phi) is 4.15. The topological polar surface area (TPSA) is 17.1 Å². The zero-order valence-electron chi connectivity index (χ0n) is 8.53. The molecule has 0 spiro atoms. The van der Waals surface area contributed by atoms with Crippen molar-refractivity contribution in [3.05, 3.63) is 35.9 Å². The first kappa shape index (κ1) is 11.3. The van der Waals surface area contributed by atoms with Gasteiger partial charge in [0, 0.05) is 0 Å². The maximum atomic E-state index is 11.3. The lowest BCUT2D eigenvalue weighted by Crippen LogP contribution is -2.15. The molecule has 0 aromatic heterocycles. The van der Waals surface area contributed by atoms with Gasteiger partial charge in [0.15, 0.2) is 0 Å². The van der Waals surface area contributed by atoms with Crippen molar-refractivity contribution in [2.45, 2.75) is 26.2 Å². The van der Waals surface area contributed by atoms with Crippen LogP contribution in [-0.4, -0.2) is 5.24 Å². The first-order valence-corrected chi connectivity index (χ1v) is 5.29. The number of hydrogen-bond donors (Lipinski definition) is 0. The third-order valence-corrected chi connectivity index (χ3v) is 2.85. The van der Waals surface area contributed by atoms with Gasteiger partial charge in [0.25, 0.3) is 0 Å². The van der Waals surface area contributed by atoms with Gasteiger partial charge in [-0.3, -0.25) is 4.79 Å². The van der Waals surface area contributed by atoms with E-state index in [1.54, 1.807) is 0 Å². The lowest BCUT2D eigenvalue weighted by atomic mass is 9.87. The summed E-state index contributed by atoms with van der Waals surface area (Å²) >= 11 is 5.61. The molecule has 1 nitrogen and oxygen atoms in total. The van der Waals surface area contributed by atoms with Crippen molar-refractivity contribution in [2.24, 2.45) is 5.92 Å². The van der Waals surface area contributed by atoms with Gasteiger partial charge in [-0.25, -0.2) is 0 Å². The van der Waals surface area contributed by atoms with E-state index in [9.17, 15) is 4.79 Å². The predicted octanol–water partition coefficient (Wildman–Crippen LogP) is 3.58. The van der Waals surface area contributed by atoms with Crippen LogP contribution in [0.25, 0.3) is 0 Å². The van der Waals surface area contributed by atoms with Gasteiger partial charge in [0.2, 0.25) is 5.24 Å². The summed E-state index contributed by atoms with van der Waals surface area (Å²) in [5, 5.41) is -0.259. The minimum Gasteiger partial charge on any atom is -0.281 e. The maximum Gasteiger partial charge on any atom is 0.229 e. The highest BCUT2D eigenvalue weighted by Gasteiger charge is 2.23. The minimum absolute atomic E-state index is 0.164. The Morgan fingerprint density at radius 2 is 1.93 bits per heavy atom. The van der Waals surface area contributed by atoms with E-state index in [0.717, 1.165) is 12.0 Å². The molecule has 0 bridgehead atoms. The Morgan fingerprint density at radius 1 is 1.36 bits per heavy atom. The van der Waals surface area contributed by atoms with Gasteiger partial charge >= 0.3 is 0 Å². The summed E-state index contributed by atoms with van der Waals surface area (Å²) in [6, 6.07) is 9.72. The molecule has 0 heterocycles. The lowest BCUT2D eigenvalue weighted by Gasteiger charge is -2.19. The molecular formula is C12H15ClO. The molecule has 0 radical (unpaired) electrons. The van der Waals surface area contributed by atoms with Crippen molar-refractivity contribution < 1.29 is 4.79 Å². The van der Waals surface area contributed by atoms with E-state index in [-0.39, 0.29) is 11.2 Å². The molecule has 0 unspecified atom stereocenters. The van der Waals surface area contributed by atoms with E-state index in [0.29, 0.717) is 5.92 Å². The van der Waals surface area contributed by atoms with Gasteiger partial charge in [-0.1, -0.05) is 50.6 Å². The van der Waals surface area contributed by atoms with Crippen molar-refractivity contribution >= 4 is 16.8 Å². The molecule has 0 aliphatic heterocycles. The Labute approximate surface area is 90.1 Å². The van der Waals surface area contributed by atoms with Crippen LogP contribution in [0.3, 0.4) is 0 Å². The fourth-order valence-corrected chi connectivity index (χ4v) is 1.92. The Balaban J connectivity index is 2.95. The highest BCUT2D eigenvalue weighted by Crippen LogP contribution is 2.28. The van der Waals surface area contributed by atoms with Crippen molar-refractivity contribution in [1.82, 2.24) is 0 Å². The van der Waals surface area contributed by atoms with Gasteiger partial charge in [-0.2, -0.15) is 0 Å². The molecule has 0 saturated carbocycles. The number of carbonyl (C=O) groups excluding carboxylic acids is 1. The van der Waals surface area contributed by atoms with Crippen molar-refractivity contribution in [3.8, 4) is 0 Å². The summed E-state index contributed by atoms with van der Waals surface area (Å²) < 4.78 is 0. The number of hydrogen-bond acceptors (Lipinski definition) is 1. The van der Waals surface area contributed by atoms with E-state index < -0.39 is 0 Å². The van der Waals surface area contributed by atoms with Gasteiger partial charge in [0.05, 0.1) is 5.92 Å². The van der Waals surface area contributed by atoms with E-state index in [1.165, 1.54) is 0 Å². The van der Waals surface area contributed by atoms with Gasteiger partial charge < -0.3 is 0 Å². The highest BCUT2D eigenvalue weighted by atomic mass is 35.5. The van der Waals surface area contributed by atoms with Crippen LogP contribution in [0.2, 0.25) is 0 Å². The van der Waals surface area contributed by atoms with Crippen LogP contribution in [-0.2, 0) is 4.79 Å². The molecule has 2 heteroatoms. The normalized spacial score (nSPS) is 14.8. The third kappa shape index (κ3) is 2.58. The summed E-state index contributed by atoms with van der Waals surface area (Å²) in [6.07, 6.45) is 0.956. The predicted molar refractivity (Wildman–Crippen MR) is 59.5 cm³/mol. The van der Waals surface area contributed by atoms with Crippen LogP contribution in [0.5, 0.6) is 0 Å². The summed E-state index contributed by atoms with van der Waals surface area (Å²) in [5.41, 5.74) is 1.02. The van der Waals surface area contributed by atoms with Gasteiger partial charge in [0.1, 0.15) is 0 Å². The minimum atomic E-state index is -0.259. The zero-order valence-corrected chi connectivity index (χ0v) is 9.29. The molecule has 1 rings (SSSR count). The van der Waals surface area contributed by atoms with Crippen molar-refractivity contribution in [3.63, 3.8) is 0 Å². The van der Waals surface area contributed by atoms with Crippen LogP contribution in [0.1, 0.15) is 31.7 Å². The first-order valence-electron chi connectivity index (χ1n) is 4.91. The smallest absolute Gasteiger partial charge is 0.229 e. The van der Waals surface area contributed by atoms with Crippen molar-refractivity contribution in [2.75, 3.05) is 0 Å². The second kappa shape index (κ2) is 5.16. The second-order valence-electron chi connectivity index (χ2n) is 3.58. The molecule has 2 atom stereocenters. The molecule has 0 fully saturated rings. The Hall–Kier alpha value is -0.820. The standard InChI is InChI=1S/C12H15ClO/c1-3-9(2)11(12(13)14)10-7-5-4-6-8-10/h4-9,11H,3H2,1-2H3/t9-,11-/m1/s1. The van der Waals surface area contributed by atoms with Gasteiger partial charge in [-0.05, 0) is 23.1 Å². The van der Waals surface area contributed by atoms with Crippen LogP contribution in [0.15, 0.2) is 30.3 Å². The molecular weight excluding hydrogens is 196 g/mol. The SMILES string of the molecule is CC[C@@H](C)[C@@H](C(=O)Cl)c1ccccc1. The van der Waals surface area contributed by atoms with Crippen LogP contribution >= 0.6 is 11.6 Å². The molecule has 76 valence electrons. The third-order valence-electron chi connectivity index (χ3n) is 2.62. The highest BCUT2D eigenvalue weighted by molar-refractivity contribution is 6.64. The Bertz CT molecular complexity index is 294. The average Bonchev–Trinajstić information content (AvgIpc) is 2.19. The molecule has 0 aliphatic carbocycles. The number of carbonyl (C=O) groups is 1. The summed E-state index contributed by atoms with van der Waals surface area (Å²) in [7, 11) is 0. The summed E-state index contributed by atoms with van der Waals surface area (Å²) in [6.45, 7) is 4.12. The molecule has 1 aromatic carbocycles. The fourth-order valence-electron chi connectivity index (χ4n) is 1.58. The number of rotatable bonds is 4. The fraction of sp³-hybridized carbons (Fsp3) is 0.417. The lowest BCUT2D eigenvalue weighted by molar-refractivity contribution is -0.114. The van der Waals surface area contributed by atoms with E-state index >= 15 is 0 Å². The van der Waals surface area contributed by atoms with Crippen LogP contribution < -0.4 is 0 Å². The van der Waals surface area contributed by atoms with Gasteiger partial charge in [-0.15, -0.1) is 0 Å². The second-order valence-corrected chi connectivity index (χ2v) is 3.95. The molecule has 0 aliphatic rings. The molecule has 1 aromatic rings. The average molecular weight is 211 g/mol. The maximum absolute atomic E-state index is 11.3. The number of benzene rings is 1. The Morgan fingerprint density at radius 3 is 2.36 bits per heavy atom. The quantitative estimate of drug-likeness (QED) is 0.695. The van der Waals surface area contributed by atoms with Crippen LogP contribution in [0.4, 0.5) is 0 Å². The summed E-state index contributed by atoms with van der Waals surface area (Å²) in [5.74, 6) is 0.130. The molecule has 0 amide bonds. The van der Waals surface area contributed by atoms with Crippen LogP contribution in [0, 0.1) is 5.92 Å². The van der Waals surface area contributed by atoms with Crippen molar-refractivity contribution in [1.29, 1.82) is 0 Å². The van der Waals surface area contributed by atoms with E-state index in [2.05, 4.69) is 13.8 Å². The zero-order chi connectivity index (χ0) is 10.6. The van der Waals surface area contributed by atoms with E-state index in [4.69, 9.17) is 11.6 Å². The largest absolute Gasteiger partial charge is 0.281 e. The molecule has 0 N–H and O–H groups in total. The molecule has 14 heavy (non-hydrogen) atoms. The van der Waals surface area contributed by atoms with E-state index in [1.807, 2.05) is 30.3 Å².